The molecule has 1 heterocycles. The first-order valence-corrected chi connectivity index (χ1v) is 6.18. The third-order valence-electron chi connectivity index (χ3n) is 2.36. The molecule has 0 aromatic carbocycles. The lowest BCUT2D eigenvalue weighted by atomic mass is 10.1. The number of halogens is 1. The predicted octanol–water partition coefficient (Wildman–Crippen LogP) is 2.47. The van der Waals surface area contributed by atoms with Crippen molar-refractivity contribution < 1.29 is 4.79 Å². The zero-order valence-electron chi connectivity index (χ0n) is 9.85. The Labute approximate surface area is 109 Å². The van der Waals surface area contributed by atoms with E-state index in [1.807, 2.05) is 6.92 Å². The van der Waals surface area contributed by atoms with Crippen LogP contribution in [0.1, 0.15) is 24.2 Å². The summed E-state index contributed by atoms with van der Waals surface area (Å²) in [7, 11) is 0. The van der Waals surface area contributed by atoms with E-state index >= 15 is 0 Å². The number of carbonyl (C=O) groups is 1. The molecule has 1 amide bonds. The molecular formula is C12H14BrN3O. The largest absolute Gasteiger partial charge is 0.338 e. The molecule has 0 spiro atoms. The number of aromatic nitrogens is 1. The molecule has 1 atom stereocenters. The van der Waals surface area contributed by atoms with Crippen LogP contribution in [0, 0.1) is 17.2 Å². The molecule has 0 radical (unpaired) electrons. The summed E-state index contributed by atoms with van der Waals surface area (Å²) in [6.45, 7) is 4.73. The molecule has 0 N–H and O–H groups in total. The van der Waals surface area contributed by atoms with Gasteiger partial charge in [-0.25, -0.2) is 4.98 Å². The van der Waals surface area contributed by atoms with Gasteiger partial charge in [0.25, 0.3) is 5.91 Å². The van der Waals surface area contributed by atoms with Crippen LogP contribution in [-0.2, 0) is 0 Å². The van der Waals surface area contributed by atoms with Gasteiger partial charge >= 0.3 is 0 Å². The Balaban J connectivity index is 2.79. The van der Waals surface area contributed by atoms with Gasteiger partial charge in [0.15, 0.2) is 0 Å². The number of nitriles is 1. The quantitative estimate of drug-likeness (QED) is 0.802. The highest BCUT2D eigenvalue weighted by Gasteiger charge is 2.16. The molecule has 5 heteroatoms. The first-order valence-electron chi connectivity index (χ1n) is 5.39. The van der Waals surface area contributed by atoms with Crippen molar-refractivity contribution in [3.8, 4) is 6.07 Å². The van der Waals surface area contributed by atoms with Crippen LogP contribution in [0.4, 0.5) is 0 Å². The summed E-state index contributed by atoms with van der Waals surface area (Å²) in [4.78, 5) is 17.8. The minimum Gasteiger partial charge on any atom is -0.338 e. The van der Waals surface area contributed by atoms with E-state index in [9.17, 15) is 4.79 Å². The van der Waals surface area contributed by atoms with Crippen LogP contribution < -0.4 is 0 Å². The van der Waals surface area contributed by atoms with Crippen molar-refractivity contribution in [3.63, 3.8) is 0 Å². The summed E-state index contributed by atoms with van der Waals surface area (Å²) in [5.74, 6) is -0.253. The smallest absolute Gasteiger partial charge is 0.255 e. The summed E-state index contributed by atoms with van der Waals surface area (Å²) in [6.07, 6.45) is 1.53. The molecule has 1 unspecified atom stereocenters. The van der Waals surface area contributed by atoms with Crippen molar-refractivity contribution in [2.24, 2.45) is 5.92 Å². The maximum absolute atomic E-state index is 12.1. The fourth-order valence-electron chi connectivity index (χ4n) is 1.41. The van der Waals surface area contributed by atoms with Crippen molar-refractivity contribution in [3.05, 3.63) is 28.5 Å². The first-order chi connectivity index (χ1) is 8.08. The number of hydrogen-bond donors (Lipinski definition) is 0. The molecule has 90 valence electrons. The standard InChI is InChI=1S/C12H14BrN3O/c1-3-16(8-9(2)6-14)12(17)10-4-5-11(13)15-7-10/h4-5,7,9H,3,8H2,1-2H3. The highest BCUT2D eigenvalue weighted by Crippen LogP contribution is 2.10. The van der Waals surface area contributed by atoms with Gasteiger partial charge in [0.05, 0.1) is 17.6 Å². The number of hydrogen-bond acceptors (Lipinski definition) is 3. The van der Waals surface area contributed by atoms with Gasteiger partial charge < -0.3 is 4.90 Å². The van der Waals surface area contributed by atoms with E-state index in [4.69, 9.17) is 5.26 Å². The number of carbonyl (C=O) groups excluding carboxylic acids is 1. The molecule has 17 heavy (non-hydrogen) atoms. The van der Waals surface area contributed by atoms with Crippen molar-refractivity contribution in [2.45, 2.75) is 13.8 Å². The van der Waals surface area contributed by atoms with Gasteiger partial charge in [-0.15, -0.1) is 0 Å². The molecule has 0 fully saturated rings. The summed E-state index contributed by atoms with van der Waals surface area (Å²) < 4.78 is 0.697. The Kier molecular flexibility index (Phi) is 5.11. The third kappa shape index (κ3) is 3.82. The Morgan fingerprint density at radius 2 is 2.35 bits per heavy atom. The summed E-state index contributed by atoms with van der Waals surface area (Å²) in [5.41, 5.74) is 0.542. The van der Waals surface area contributed by atoms with Crippen molar-refractivity contribution in [1.82, 2.24) is 9.88 Å². The minimum absolute atomic E-state index is 0.0883. The van der Waals surface area contributed by atoms with E-state index in [0.29, 0.717) is 23.3 Å². The van der Waals surface area contributed by atoms with E-state index in [1.54, 1.807) is 24.0 Å². The van der Waals surface area contributed by atoms with Crippen LogP contribution in [-0.4, -0.2) is 28.9 Å². The Bertz CT molecular complexity index is 424. The van der Waals surface area contributed by atoms with Gasteiger partial charge in [0.1, 0.15) is 4.60 Å². The Morgan fingerprint density at radius 3 is 2.82 bits per heavy atom. The van der Waals surface area contributed by atoms with Crippen molar-refractivity contribution in [2.75, 3.05) is 13.1 Å². The normalized spacial score (nSPS) is 11.6. The van der Waals surface area contributed by atoms with Gasteiger partial charge in [-0.05, 0) is 41.9 Å². The lowest BCUT2D eigenvalue weighted by molar-refractivity contribution is 0.0752. The zero-order valence-corrected chi connectivity index (χ0v) is 11.4. The Hall–Kier alpha value is -1.41. The maximum atomic E-state index is 12.1. The SMILES string of the molecule is CCN(CC(C)C#N)C(=O)c1ccc(Br)nc1. The van der Waals surface area contributed by atoms with Crippen molar-refractivity contribution >= 4 is 21.8 Å². The molecule has 0 bridgehead atoms. The second kappa shape index (κ2) is 6.36. The highest BCUT2D eigenvalue weighted by atomic mass is 79.9. The monoisotopic (exact) mass is 295 g/mol. The maximum Gasteiger partial charge on any atom is 0.255 e. The number of amides is 1. The van der Waals surface area contributed by atoms with E-state index in [1.165, 1.54) is 6.20 Å². The second-order valence-corrected chi connectivity index (χ2v) is 4.56. The van der Waals surface area contributed by atoms with Crippen LogP contribution in [0.5, 0.6) is 0 Å². The fraction of sp³-hybridized carbons (Fsp3) is 0.417. The van der Waals surface area contributed by atoms with E-state index in [2.05, 4.69) is 27.0 Å². The second-order valence-electron chi connectivity index (χ2n) is 3.74. The van der Waals surface area contributed by atoms with Gasteiger partial charge in [0.2, 0.25) is 0 Å². The molecule has 1 aromatic rings. The van der Waals surface area contributed by atoms with E-state index in [0.717, 1.165) is 0 Å². The number of nitrogens with zero attached hydrogens (tertiary/aromatic N) is 3. The predicted molar refractivity (Wildman–Crippen MR) is 68.3 cm³/mol. The number of pyridine rings is 1. The average molecular weight is 296 g/mol. The van der Waals surface area contributed by atoms with Crippen LogP contribution in [0.15, 0.2) is 22.9 Å². The summed E-state index contributed by atoms with van der Waals surface area (Å²) in [5, 5.41) is 8.76. The highest BCUT2D eigenvalue weighted by molar-refractivity contribution is 9.10. The molecule has 0 aliphatic carbocycles. The van der Waals surface area contributed by atoms with Gasteiger partial charge in [-0.3, -0.25) is 4.79 Å². The lowest BCUT2D eigenvalue weighted by Gasteiger charge is -2.21. The van der Waals surface area contributed by atoms with E-state index < -0.39 is 0 Å². The molecule has 0 aliphatic rings. The van der Waals surface area contributed by atoms with Crippen LogP contribution in [0.3, 0.4) is 0 Å². The number of rotatable bonds is 4. The van der Waals surface area contributed by atoms with Crippen LogP contribution in [0.2, 0.25) is 0 Å². The van der Waals surface area contributed by atoms with Crippen molar-refractivity contribution in [1.29, 1.82) is 5.26 Å². The molecule has 1 aromatic heterocycles. The van der Waals surface area contributed by atoms with Gasteiger partial charge in [0, 0.05) is 19.3 Å². The first kappa shape index (κ1) is 13.7. The molecule has 1 rings (SSSR count). The third-order valence-corrected chi connectivity index (χ3v) is 2.83. The Morgan fingerprint density at radius 1 is 1.65 bits per heavy atom. The van der Waals surface area contributed by atoms with Gasteiger partial charge in [-0.2, -0.15) is 5.26 Å². The van der Waals surface area contributed by atoms with Gasteiger partial charge in [-0.1, -0.05) is 0 Å². The molecule has 0 saturated heterocycles. The molecule has 0 aliphatic heterocycles. The lowest BCUT2D eigenvalue weighted by Crippen LogP contribution is -2.34. The summed E-state index contributed by atoms with van der Waals surface area (Å²) in [6, 6.07) is 5.58. The topological polar surface area (TPSA) is 57.0 Å². The van der Waals surface area contributed by atoms with Crippen LogP contribution >= 0.6 is 15.9 Å². The summed E-state index contributed by atoms with van der Waals surface area (Å²) >= 11 is 3.22. The molecular weight excluding hydrogens is 282 g/mol. The fourth-order valence-corrected chi connectivity index (χ4v) is 1.65. The minimum atomic E-state index is -0.165. The molecule has 4 nitrogen and oxygen atoms in total. The average Bonchev–Trinajstić information content (AvgIpc) is 2.35. The molecule has 0 saturated carbocycles. The zero-order chi connectivity index (χ0) is 12.8. The van der Waals surface area contributed by atoms with E-state index in [-0.39, 0.29) is 11.8 Å². The van der Waals surface area contributed by atoms with Crippen LogP contribution in [0.25, 0.3) is 0 Å².